The van der Waals surface area contributed by atoms with E-state index in [4.69, 9.17) is 0 Å². The van der Waals surface area contributed by atoms with Crippen molar-refractivity contribution < 1.29 is 9.90 Å². The van der Waals surface area contributed by atoms with Crippen LogP contribution in [0.1, 0.15) is 46.5 Å². The Balaban J connectivity index is 3.59. The van der Waals surface area contributed by atoms with E-state index in [0.29, 0.717) is 12.3 Å². The lowest BCUT2D eigenvalue weighted by atomic mass is 9.94. The molecule has 0 saturated heterocycles. The van der Waals surface area contributed by atoms with Crippen molar-refractivity contribution in [1.29, 1.82) is 0 Å². The molecule has 82 valence electrons. The smallest absolute Gasteiger partial charge is 0.155 e. The Morgan fingerprint density at radius 3 is 2.57 bits per heavy atom. The van der Waals surface area contributed by atoms with Gasteiger partial charge >= 0.3 is 0 Å². The second kappa shape index (κ2) is 5.97. The largest absolute Gasteiger partial charge is 0.390 e. The van der Waals surface area contributed by atoms with E-state index in [9.17, 15) is 9.90 Å². The SMILES string of the molecule is C=CC(=O)CC(C)CCCC(C)(C)O. The Bertz CT molecular complexity index is 189. The highest BCUT2D eigenvalue weighted by Gasteiger charge is 2.13. The number of hydrogen-bond donors (Lipinski definition) is 1. The molecule has 0 aliphatic carbocycles. The van der Waals surface area contributed by atoms with Gasteiger partial charge in [0.15, 0.2) is 5.78 Å². The van der Waals surface area contributed by atoms with Gasteiger partial charge in [0.2, 0.25) is 0 Å². The summed E-state index contributed by atoms with van der Waals surface area (Å²) in [6.07, 6.45) is 4.71. The molecular weight excluding hydrogens is 176 g/mol. The zero-order chi connectivity index (χ0) is 11.2. The monoisotopic (exact) mass is 198 g/mol. The first-order valence-electron chi connectivity index (χ1n) is 5.23. The lowest BCUT2D eigenvalue weighted by Gasteiger charge is -2.17. The minimum absolute atomic E-state index is 0.112. The maximum Gasteiger partial charge on any atom is 0.155 e. The molecule has 14 heavy (non-hydrogen) atoms. The van der Waals surface area contributed by atoms with Crippen LogP contribution < -0.4 is 0 Å². The van der Waals surface area contributed by atoms with E-state index in [2.05, 4.69) is 13.5 Å². The fraction of sp³-hybridized carbons (Fsp3) is 0.750. The van der Waals surface area contributed by atoms with Gasteiger partial charge in [0, 0.05) is 6.42 Å². The van der Waals surface area contributed by atoms with Crippen molar-refractivity contribution in [2.45, 2.75) is 52.1 Å². The predicted molar refractivity (Wildman–Crippen MR) is 59.1 cm³/mol. The first kappa shape index (κ1) is 13.4. The van der Waals surface area contributed by atoms with Crippen molar-refractivity contribution in [3.63, 3.8) is 0 Å². The summed E-state index contributed by atoms with van der Waals surface area (Å²) in [5.41, 5.74) is -0.581. The van der Waals surface area contributed by atoms with Crippen LogP contribution in [-0.2, 0) is 4.79 Å². The van der Waals surface area contributed by atoms with Crippen molar-refractivity contribution in [1.82, 2.24) is 0 Å². The predicted octanol–water partition coefficient (Wildman–Crippen LogP) is 2.71. The van der Waals surface area contributed by atoms with Crippen LogP contribution in [-0.4, -0.2) is 16.5 Å². The Hall–Kier alpha value is -0.630. The standard InChI is InChI=1S/C12H22O2/c1-5-11(13)9-10(2)7-6-8-12(3,4)14/h5,10,14H,1,6-9H2,2-4H3. The van der Waals surface area contributed by atoms with Crippen LogP contribution in [0.4, 0.5) is 0 Å². The highest BCUT2D eigenvalue weighted by Crippen LogP contribution is 2.17. The Kier molecular flexibility index (Phi) is 5.70. The molecule has 0 amide bonds. The molecule has 2 heteroatoms. The average Bonchev–Trinajstić information content (AvgIpc) is 2.01. The van der Waals surface area contributed by atoms with Gasteiger partial charge in [0.25, 0.3) is 0 Å². The summed E-state index contributed by atoms with van der Waals surface area (Å²) in [7, 11) is 0. The first-order chi connectivity index (χ1) is 6.35. The van der Waals surface area contributed by atoms with Crippen molar-refractivity contribution in [3.05, 3.63) is 12.7 Å². The molecule has 0 aliphatic heterocycles. The second-order valence-corrected chi connectivity index (χ2v) is 4.68. The van der Waals surface area contributed by atoms with Crippen molar-refractivity contribution in [3.8, 4) is 0 Å². The van der Waals surface area contributed by atoms with Gasteiger partial charge in [-0.05, 0) is 32.3 Å². The van der Waals surface area contributed by atoms with Gasteiger partial charge in [-0.2, -0.15) is 0 Å². The zero-order valence-corrected chi connectivity index (χ0v) is 9.55. The fourth-order valence-corrected chi connectivity index (χ4v) is 1.41. The zero-order valence-electron chi connectivity index (χ0n) is 9.55. The average molecular weight is 198 g/mol. The van der Waals surface area contributed by atoms with Crippen LogP contribution in [0, 0.1) is 5.92 Å². The molecule has 1 unspecified atom stereocenters. The second-order valence-electron chi connectivity index (χ2n) is 4.68. The summed E-state index contributed by atoms with van der Waals surface area (Å²) in [5.74, 6) is 0.503. The molecule has 2 nitrogen and oxygen atoms in total. The number of ketones is 1. The summed E-state index contributed by atoms with van der Waals surface area (Å²) < 4.78 is 0. The lowest BCUT2D eigenvalue weighted by Crippen LogP contribution is -2.18. The third kappa shape index (κ3) is 7.99. The number of hydrogen-bond acceptors (Lipinski definition) is 2. The van der Waals surface area contributed by atoms with Crippen molar-refractivity contribution >= 4 is 5.78 Å². The van der Waals surface area contributed by atoms with Gasteiger partial charge in [-0.1, -0.05) is 26.3 Å². The number of aliphatic hydroxyl groups is 1. The summed E-state index contributed by atoms with van der Waals surface area (Å²) in [4.78, 5) is 11.0. The van der Waals surface area contributed by atoms with Crippen molar-refractivity contribution in [2.24, 2.45) is 5.92 Å². The summed E-state index contributed by atoms with van der Waals surface area (Å²) in [6.45, 7) is 9.13. The van der Waals surface area contributed by atoms with Gasteiger partial charge in [-0.25, -0.2) is 0 Å². The normalized spacial score (nSPS) is 13.7. The van der Waals surface area contributed by atoms with E-state index in [-0.39, 0.29) is 5.78 Å². The molecule has 1 atom stereocenters. The Labute approximate surface area is 87.0 Å². The molecule has 0 bridgehead atoms. The van der Waals surface area contributed by atoms with E-state index < -0.39 is 5.60 Å². The van der Waals surface area contributed by atoms with Crippen LogP contribution in [0.15, 0.2) is 12.7 Å². The molecule has 0 aromatic heterocycles. The summed E-state index contributed by atoms with van der Waals surface area (Å²) in [5, 5.41) is 9.48. The first-order valence-corrected chi connectivity index (χ1v) is 5.23. The van der Waals surface area contributed by atoms with E-state index in [1.165, 1.54) is 6.08 Å². The van der Waals surface area contributed by atoms with Crippen LogP contribution >= 0.6 is 0 Å². The van der Waals surface area contributed by atoms with Gasteiger partial charge in [-0.3, -0.25) is 4.79 Å². The van der Waals surface area contributed by atoms with Gasteiger partial charge in [-0.15, -0.1) is 0 Å². The molecule has 0 aliphatic rings. The topological polar surface area (TPSA) is 37.3 Å². The van der Waals surface area contributed by atoms with Crippen molar-refractivity contribution in [2.75, 3.05) is 0 Å². The maximum atomic E-state index is 11.0. The van der Waals surface area contributed by atoms with Crippen LogP contribution in [0.2, 0.25) is 0 Å². The van der Waals surface area contributed by atoms with E-state index in [1.54, 1.807) is 0 Å². The van der Waals surface area contributed by atoms with Gasteiger partial charge in [0.1, 0.15) is 0 Å². The molecule has 0 aromatic rings. The number of allylic oxidation sites excluding steroid dienone is 1. The lowest BCUT2D eigenvalue weighted by molar-refractivity contribution is -0.115. The Morgan fingerprint density at radius 1 is 1.57 bits per heavy atom. The molecule has 0 heterocycles. The molecule has 0 radical (unpaired) electrons. The summed E-state index contributed by atoms with van der Waals surface area (Å²) >= 11 is 0. The number of carbonyl (C=O) groups excluding carboxylic acids is 1. The quantitative estimate of drug-likeness (QED) is 0.639. The Morgan fingerprint density at radius 2 is 2.14 bits per heavy atom. The van der Waals surface area contributed by atoms with Gasteiger partial charge in [0.05, 0.1) is 5.60 Å². The highest BCUT2D eigenvalue weighted by atomic mass is 16.3. The van der Waals surface area contributed by atoms with Gasteiger partial charge < -0.3 is 5.11 Å². The van der Waals surface area contributed by atoms with E-state index in [1.807, 2.05) is 13.8 Å². The molecule has 0 aromatic carbocycles. The minimum Gasteiger partial charge on any atom is -0.390 e. The number of rotatable bonds is 7. The third-order valence-electron chi connectivity index (χ3n) is 2.26. The molecule has 0 spiro atoms. The van der Waals surface area contributed by atoms with Crippen LogP contribution in [0.3, 0.4) is 0 Å². The third-order valence-corrected chi connectivity index (χ3v) is 2.26. The summed E-state index contributed by atoms with van der Waals surface area (Å²) in [6, 6.07) is 0. The molecular formula is C12H22O2. The minimum atomic E-state index is -0.581. The molecule has 1 N–H and O–H groups in total. The highest BCUT2D eigenvalue weighted by molar-refractivity contribution is 5.89. The number of carbonyl (C=O) groups is 1. The molecule has 0 rings (SSSR count). The van der Waals surface area contributed by atoms with E-state index in [0.717, 1.165) is 19.3 Å². The maximum absolute atomic E-state index is 11.0. The van der Waals surface area contributed by atoms with Crippen LogP contribution in [0.5, 0.6) is 0 Å². The molecule has 0 saturated carbocycles. The van der Waals surface area contributed by atoms with Crippen LogP contribution in [0.25, 0.3) is 0 Å². The molecule has 0 fully saturated rings. The van der Waals surface area contributed by atoms with E-state index >= 15 is 0 Å². The fourth-order valence-electron chi connectivity index (χ4n) is 1.41.